The van der Waals surface area contributed by atoms with E-state index in [0.717, 1.165) is 19.3 Å². The van der Waals surface area contributed by atoms with E-state index < -0.39 is 0 Å². The van der Waals surface area contributed by atoms with Gasteiger partial charge in [-0.05, 0) is 37.0 Å². The Hall–Kier alpha value is -1.28. The minimum Gasteiger partial charge on any atom is -0.396 e. The number of aryl methyl sites for hydroxylation is 1. The molecule has 2 rings (SSSR count). The zero-order valence-corrected chi connectivity index (χ0v) is 8.16. The van der Waals surface area contributed by atoms with Crippen LogP contribution in [0.2, 0.25) is 0 Å². The van der Waals surface area contributed by atoms with Crippen molar-refractivity contribution in [2.75, 3.05) is 6.61 Å². The van der Waals surface area contributed by atoms with E-state index in [1.807, 2.05) is 6.20 Å². The maximum atomic E-state index is 8.71. The molecule has 0 saturated carbocycles. The fraction of sp³-hybridized carbons (Fsp3) is 0.333. The summed E-state index contributed by atoms with van der Waals surface area (Å²) in [6.45, 7) is 0.295. The van der Waals surface area contributed by atoms with Gasteiger partial charge in [-0.2, -0.15) is 0 Å². The molecular weight excluding hydrogens is 174 g/mol. The van der Waals surface area contributed by atoms with Crippen LogP contribution in [0.3, 0.4) is 0 Å². The Kier molecular flexibility index (Phi) is 2.84. The average molecular weight is 189 g/mol. The lowest BCUT2D eigenvalue weighted by Crippen LogP contribution is -1.89. The van der Waals surface area contributed by atoms with E-state index in [0.29, 0.717) is 6.61 Å². The van der Waals surface area contributed by atoms with E-state index in [1.54, 1.807) is 0 Å². The highest BCUT2D eigenvalue weighted by Crippen LogP contribution is 2.18. The third-order valence-corrected chi connectivity index (χ3v) is 2.54. The van der Waals surface area contributed by atoms with Crippen molar-refractivity contribution in [1.82, 2.24) is 4.98 Å². The standard InChI is InChI=1S/C12H15NO/c14-9-2-1-4-10-5-3-6-12-11(10)7-8-13-12/h3,5-8,13-14H,1-2,4,9H2. The summed E-state index contributed by atoms with van der Waals surface area (Å²) in [4.78, 5) is 3.20. The Labute approximate surface area is 83.6 Å². The van der Waals surface area contributed by atoms with Crippen LogP contribution in [-0.4, -0.2) is 16.7 Å². The fourth-order valence-corrected chi connectivity index (χ4v) is 1.80. The highest BCUT2D eigenvalue weighted by atomic mass is 16.2. The Balaban J connectivity index is 2.19. The molecule has 1 aromatic heterocycles. The summed E-state index contributed by atoms with van der Waals surface area (Å²) < 4.78 is 0. The van der Waals surface area contributed by atoms with Gasteiger partial charge < -0.3 is 10.1 Å². The van der Waals surface area contributed by atoms with E-state index in [-0.39, 0.29) is 0 Å². The topological polar surface area (TPSA) is 36.0 Å². The van der Waals surface area contributed by atoms with Crippen molar-refractivity contribution in [3.63, 3.8) is 0 Å². The number of aromatic amines is 1. The molecule has 1 heterocycles. The first-order valence-electron chi connectivity index (χ1n) is 5.07. The van der Waals surface area contributed by atoms with Crippen LogP contribution in [0.15, 0.2) is 30.5 Å². The number of hydrogen-bond donors (Lipinski definition) is 2. The van der Waals surface area contributed by atoms with Gasteiger partial charge in [0.05, 0.1) is 0 Å². The number of aromatic nitrogens is 1. The Morgan fingerprint density at radius 3 is 2.93 bits per heavy atom. The van der Waals surface area contributed by atoms with Crippen LogP contribution in [0, 0.1) is 0 Å². The van der Waals surface area contributed by atoms with Crippen LogP contribution in [0.1, 0.15) is 18.4 Å². The average Bonchev–Trinajstić information content (AvgIpc) is 2.67. The van der Waals surface area contributed by atoms with Gasteiger partial charge >= 0.3 is 0 Å². The van der Waals surface area contributed by atoms with E-state index in [4.69, 9.17) is 5.11 Å². The first-order chi connectivity index (χ1) is 6.92. The molecule has 0 aliphatic heterocycles. The Morgan fingerprint density at radius 2 is 2.07 bits per heavy atom. The highest BCUT2D eigenvalue weighted by molar-refractivity contribution is 5.82. The van der Waals surface area contributed by atoms with Gasteiger partial charge in [-0.25, -0.2) is 0 Å². The zero-order valence-electron chi connectivity index (χ0n) is 8.16. The summed E-state index contributed by atoms with van der Waals surface area (Å²) in [6.07, 6.45) is 4.97. The Bertz CT molecular complexity index is 405. The number of fused-ring (bicyclic) bond motifs is 1. The summed E-state index contributed by atoms with van der Waals surface area (Å²) in [6, 6.07) is 8.44. The molecule has 14 heavy (non-hydrogen) atoms. The van der Waals surface area contributed by atoms with E-state index in [2.05, 4.69) is 29.2 Å². The number of H-pyrrole nitrogens is 1. The number of aliphatic hydroxyl groups is 1. The molecule has 0 unspecified atom stereocenters. The highest BCUT2D eigenvalue weighted by Gasteiger charge is 2.00. The van der Waals surface area contributed by atoms with Crippen molar-refractivity contribution in [3.8, 4) is 0 Å². The molecule has 1 aromatic carbocycles. The molecule has 0 radical (unpaired) electrons. The quantitative estimate of drug-likeness (QED) is 0.712. The number of hydrogen-bond acceptors (Lipinski definition) is 1. The van der Waals surface area contributed by atoms with Crippen LogP contribution in [0.25, 0.3) is 10.9 Å². The second kappa shape index (κ2) is 4.29. The van der Waals surface area contributed by atoms with Crippen molar-refractivity contribution in [2.45, 2.75) is 19.3 Å². The SMILES string of the molecule is OCCCCc1cccc2[nH]ccc12. The fourth-order valence-electron chi connectivity index (χ4n) is 1.80. The first-order valence-corrected chi connectivity index (χ1v) is 5.07. The summed E-state index contributed by atoms with van der Waals surface area (Å²) in [5, 5.41) is 10.0. The molecular formula is C12H15NO. The van der Waals surface area contributed by atoms with Crippen molar-refractivity contribution in [1.29, 1.82) is 0 Å². The molecule has 0 aliphatic carbocycles. The summed E-state index contributed by atoms with van der Waals surface area (Å²) in [7, 11) is 0. The van der Waals surface area contributed by atoms with E-state index in [9.17, 15) is 0 Å². The van der Waals surface area contributed by atoms with Gasteiger partial charge in [-0.1, -0.05) is 12.1 Å². The molecule has 2 nitrogen and oxygen atoms in total. The molecule has 2 N–H and O–H groups in total. The van der Waals surface area contributed by atoms with Crippen molar-refractivity contribution < 1.29 is 5.11 Å². The van der Waals surface area contributed by atoms with E-state index >= 15 is 0 Å². The summed E-state index contributed by atoms with van der Waals surface area (Å²) in [5.74, 6) is 0. The first kappa shape index (κ1) is 9.28. The molecule has 0 aliphatic rings. The van der Waals surface area contributed by atoms with Gasteiger partial charge in [0.15, 0.2) is 0 Å². The summed E-state index contributed by atoms with van der Waals surface area (Å²) >= 11 is 0. The third-order valence-electron chi connectivity index (χ3n) is 2.54. The smallest absolute Gasteiger partial charge is 0.0456 e. The second-order valence-corrected chi connectivity index (χ2v) is 3.54. The van der Waals surface area contributed by atoms with Crippen LogP contribution in [0.5, 0.6) is 0 Å². The number of rotatable bonds is 4. The molecule has 2 heteroatoms. The zero-order chi connectivity index (χ0) is 9.80. The molecule has 2 aromatic rings. The largest absolute Gasteiger partial charge is 0.396 e. The summed E-state index contributed by atoms with van der Waals surface area (Å²) in [5.41, 5.74) is 2.57. The van der Waals surface area contributed by atoms with Gasteiger partial charge in [-0.3, -0.25) is 0 Å². The maximum absolute atomic E-state index is 8.71. The monoisotopic (exact) mass is 189 g/mol. The van der Waals surface area contributed by atoms with Gasteiger partial charge in [0.1, 0.15) is 0 Å². The lowest BCUT2D eigenvalue weighted by atomic mass is 10.0. The molecule has 0 amide bonds. The molecule has 74 valence electrons. The normalized spacial score (nSPS) is 10.9. The number of benzene rings is 1. The second-order valence-electron chi connectivity index (χ2n) is 3.54. The van der Waals surface area contributed by atoms with Gasteiger partial charge in [-0.15, -0.1) is 0 Å². The van der Waals surface area contributed by atoms with Gasteiger partial charge in [0.2, 0.25) is 0 Å². The van der Waals surface area contributed by atoms with Crippen LogP contribution >= 0.6 is 0 Å². The minimum atomic E-state index is 0.295. The lowest BCUT2D eigenvalue weighted by Gasteiger charge is -2.02. The number of nitrogens with one attached hydrogen (secondary N) is 1. The van der Waals surface area contributed by atoms with Gasteiger partial charge in [0, 0.05) is 23.7 Å². The van der Waals surface area contributed by atoms with Crippen molar-refractivity contribution in [2.24, 2.45) is 0 Å². The van der Waals surface area contributed by atoms with Crippen LogP contribution in [-0.2, 0) is 6.42 Å². The van der Waals surface area contributed by atoms with Crippen molar-refractivity contribution in [3.05, 3.63) is 36.0 Å². The van der Waals surface area contributed by atoms with Crippen LogP contribution in [0.4, 0.5) is 0 Å². The number of aliphatic hydroxyl groups excluding tert-OH is 1. The molecule has 0 fully saturated rings. The predicted molar refractivity (Wildman–Crippen MR) is 58.3 cm³/mol. The maximum Gasteiger partial charge on any atom is 0.0456 e. The van der Waals surface area contributed by atoms with Gasteiger partial charge in [0.25, 0.3) is 0 Å². The van der Waals surface area contributed by atoms with Crippen LogP contribution < -0.4 is 0 Å². The van der Waals surface area contributed by atoms with E-state index in [1.165, 1.54) is 16.5 Å². The Morgan fingerprint density at radius 1 is 1.14 bits per heavy atom. The third kappa shape index (κ3) is 1.80. The minimum absolute atomic E-state index is 0.295. The van der Waals surface area contributed by atoms with Crippen molar-refractivity contribution >= 4 is 10.9 Å². The molecule has 0 atom stereocenters. The molecule has 0 spiro atoms. The molecule has 0 saturated heterocycles. The molecule has 0 bridgehead atoms. The number of unbranched alkanes of at least 4 members (excludes halogenated alkanes) is 1. The predicted octanol–water partition coefficient (Wildman–Crippen LogP) is 2.48. The lowest BCUT2D eigenvalue weighted by molar-refractivity contribution is 0.284.